The molecule has 0 fully saturated rings. The molecule has 4 rings (SSSR count). The standard InChI is InChI=1S/C19H13NO3S/c21-14-6-7-15-13(9-18(22)23-16(15)10-14)11-24-17-5-1-3-12-4-2-8-20-19(12)17/h1-10,21H,11H2. The lowest BCUT2D eigenvalue weighted by Crippen LogP contribution is -1.99. The maximum atomic E-state index is 11.8. The highest BCUT2D eigenvalue weighted by Gasteiger charge is 2.09. The Morgan fingerprint density at radius 2 is 1.96 bits per heavy atom. The van der Waals surface area contributed by atoms with Gasteiger partial charge in [0.15, 0.2) is 0 Å². The zero-order chi connectivity index (χ0) is 16.5. The van der Waals surface area contributed by atoms with E-state index in [1.54, 1.807) is 30.1 Å². The van der Waals surface area contributed by atoms with Gasteiger partial charge in [-0.2, -0.15) is 0 Å². The molecule has 0 spiro atoms. The Morgan fingerprint density at radius 1 is 1.08 bits per heavy atom. The van der Waals surface area contributed by atoms with Gasteiger partial charge in [0.2, 0.25) is 0 Å². The molecule has 2 aromatic heterocycles. The third kappa shape index (κ3) is 2.74. The lowest BCUT2D eigenvalue weighted by molar-refractivity contribution is 0.473. The van der Waals surface area contributed by atoms with Crippen LogP contribution in [0.3, 0.4) is 0 Å². The highest BCUT2D eigenvalue weighted by molar-refractivity contribution is 7.98. The highest BCUT2D eigenvalue weighted by atomic mass is 32.2. The van der Waals surface area contributed by atoms with Gasteiger partial charge in [-0.25, -0.2) is 4.79 Å². The SMILES string of the molecule is O=c1cc(CSc2cccc3cccnc23)c2ccc(O)cc2o1. The lowest BCUT2D eigenvalue weighted by Gasteiger charge is -2.07. The Balaban J connectivity index is 1.73. The fourth-order valence-electron chi connectivity index (χ4n) is 2.69. The highest BCUT2D eigenvalue weighted by Crippen LogP contribution is 2.31. The molecule has 0 aliphatic heterocycles. The van der Waals surface area contributed by atoms with Crippen molar-refractivity contribution < 1.29 is 9.52 Å². The number of thioether (sulfide) groups is 1. The Labute approximate surface area is 141 Å². The van der Waals surface area contributed by atoms with Gasteiger partial charge < -0.3 is 9.52 Å². The number of nitrogens with zero attached hydrogens (tertiary/aromatic N) is 1. The van der Waals surface area contributed by atoms with E-state index in [4.69, 9.17) is 4.42 Å². The van der Waals surface area contributed by atoms with Gasteiger partial charge in [0.05, 0.1) is 5.52 Å². The zero-order valence-electron chi connectivity index (χ0n) is 12.6. The van der Waals surface area contributed by atoms with E-state index >= 15 is 0 Å². The number of pyridine rings is 1. The number of aromatic hydroxyl groups is 1. The maximum absolute atomic E-state index is 11.8. The molecule has 24 heavy (non-hydrogen) atoms. The van der Waals surface area contributed by atoms with Crippen LogP contribution in [0.4, 0.5) is 0 Å². The molecule has 2 aromatic carbocycles. The molecular weight excluding hydrogens is 322 g/mol. The van der Waals surface area contributed by atoms with E-state index < -0.39 is 5.63 Å². The zero-order valence-corrected chi connectivity index (χ0v) is 13.4. The first-order valence-corrected chi connectivity index (χ1v) is 8.41. The molecule has 4 aromatic rings. The molecule has 118 valence electrons. The maximum Gasteiger partial charge on any atom is 0.336 e. The molecule has 5 heteroatoms. The Bertz CT molecular complexity index is 1100. The van der Waals surface area contributed by atoms with Crippen molar-refractivity contribution in [3.8, 4) is 5.75 Å². The summed E-state index contributed by atoms with van der Waals surface area (Å²) in [7, 11) is 0. The normalized spacial score (nSPS) is 11.2. The quantitative estimate of drug-likeness (QED) is 0.446. The van der Waals surface area contributed by atoms with Crippen molar-refractivity contribution in [2.45, 2.75) is 10.6 Å². The minimum absolute atomic E-state index is 0.0775. The van der Waals surface area contributed by atoms with E-state index in [0.717, 1.165) is 26.7 Å². The number of phenolic OH excluding ortho intramolecular Hbond substituents is 1. The first kappa shape index (κ1) is 14.8. The van der Waals surface area contributed by atoms with E-state index in [1.165, 1.54) is 12.1 Å². The average molecular weight is 335 g/mol. The van der Waals surface area contributed by atoms with Crippen molar-refractivity contribution in [1.29, 1.82) is 0 Å². The Morgan fingerprint density at radius 3 is 2.88 bits per heavy atom. The topological polar surface area (TPSA) is 63.3 Å². The second kappa shape index (κ2) is 6.02. The van der Waals surface area contributed by atoms with Crippen molar-refractivity contribution >= 4 is 33.6 Å². The van der Waals surface area contributed by atoms with Crippen LogP contribution in [-0.2, 0) is 5.75 Å². The Kier molecular flexibility index (Phi) is 3.70. The fourth-order valence-corrected chi connectivity index (χ4v) is 3.72. The molecule has 1 N–H and O–H groups in total. The lowest BCUT2D eigenvalue weighted by atomic mass is 10.1. The van der Waals surface area contributed by atoms with Crippen LogP contribution < -0.4 is 5.63 Å². The van der Waals surface area contributed by atoms with Crippen molar-refractivity contribution in [2.75, 3.05) is 0 Å². The van der Waals surface area contributed by atoms with Gasteiger partial charge in [0.1, 0.15) is 11.3 Å². The second-order valence-electron chi connectivity index (χ2n) is 5.39. The number of fused-ring (bicyclic) bond motifs is 2. The predicted octanol–water partition coefficient (Wildman–Crippen LogP) is 4.34. The van der Waals surface area contributed by atoms with E-state index in [0.29, 0.717) is 11.3 Å². The average Bonchev–Trinajstić information content (AvgIpc) is 2.59. The van der Waals surface area contributed by atoms with Crippen LogP contribution in [0, 0.1) is 0 Å². The van der Waals surface area contributed by atoms with Crippen LogP contribution in [-0.4, -0.2) is 10.1 Å². The van der Waals surface area contributed by atoms with Crippen LogP contribution in [0.25, 0.3) is 21.9 Å². The number of phenols is 1. The van der Waals surface area contributed by atoms with Gasteiger partial charge >= 0.3 is 5.63 Å². The van der Waals surface area contributed by atoms with Gasteiger partial charge in [-0.3, -0.25) is 4.98 Å². The first-order chi connectivity index (χ1) is 11.7. The van der Waals surface area contributed by atoms with Gasteiger partial charge in [0, 0.05) is 39.8 Å². The van der Waals surface area contributed by atoms with E-state index in [2.05, 4.69) is 4.98 Å². The summed E-state index contributed by atoms with van der Waals surface area (Å²) in [6, 6.07) is 16.3. The molecule has 0 atom stereocenters. The predicted molar refractivity (Wildman–Crippen MR) is 95.5 cm³/mol. The minimum atomic E-state index is -0.417. The molecule has 4 nitrogen and oxygen atoms in total. The van der Waals surface area contributed by atoms with Gasteiger partial charge in [0.25, 0.3) is 0 Å². The van der Waals surface area contributed by atoms with Crippen LogP contribution in [0.15, 0.2) is 74.9 Å². The molecular formula is C19H13NO3S. The molecule has 0 bridgehead atoms. The largest absolute Gasteiger partial charge is 0.508 e. The second-order valence-corrected chi connectivity index (χ2v) is 6.41. The van der Waals surface area contributed by atoms with Gasteiger partial charge in [-0.05, 0) is 29.8 Å². The summed E-state index contributed by atoms with van der Waals surface area (Å²) in [6.45, 7) is 0. The summed E-state index contributed by atoms with van der Waals surface area (Å²) in [5.41, 5.74) is 1.81. The smallest absolute Gasteiger partial charge is 0.336 e. The summed E-state index contributed by atoms with van der Waals surface area (Å²) in [4.78, 5) is 17.3. The van der Waals surface area contributed by atoms with Crippen molar-refractivity contribution in [2.24, 2.45) is 0 Å². The molecule has 0 radical (unpaired) electrons. The van der Waals surface area contributed by atoms with Crippen molar-refractivity contribution in [3.05, 3.63) is 76.8 Å². The third-order valence-electron chi connectivity index (χ3n) is 3.79. The van der Waals surface area contributed by atoms with Crippen LogP contribution >= 0.6 is 11.8 Å². The van der Waals surface area contributed by atoms with E-state index in [-0.39, 0.29) is 5.75 Å². The third-order valence-corrected chi connectivity index (χ3v) is 4.89. The molecule has 0 saturated carbocycles. The molecule has 0 unspecified atom stereocenters. The summed E-state index contributed by atoms with van der Waals surface area (Å²) < 4.78 is 5.17. The molecule has 0 aliphatic rings. The summed E-state index contributed by atoms with van der Waals surface area (Å²) in [5, 5.41) is 11.5. The molecule has 0 amide bonds. The minimum Gasteiger partial charge on any atom is -0.508 e. The monoisotopic (exact) mass is 335 g/mol. The van der Waals surface area contributed by atoms with Gasteiger partial charge in [-0.1, -0.05) is 18.2 Å². The van der Waals surface area contributed by atoms with Crippen molar-refractivity contribution in [3.63, 3.8) is 0 Å². The van der Waals surface area contributed by atoms with Gasteiger partial charge in [-0.15, -0.1) is 11.8 Å². The number of hydrogen-bond donors (Lipinski definition) is 1. The summed E-state index contributed by atoms with van der Waals surface area (Å²) >= 11 is 1.63. The van der Waals surface area contributed by atoms with Crippen LogP contribution in [0.2, 0.25) is 0 Å². The van der Waals surface area contributed by atoms with Crippen LogP contribution in [0.5, 0.6) is 5.75 Å². The number of hydrogen-bond acceptors (Lipinski definition) is 5. The number of para-hydroxylation sites is 1. The number of aromatic nitrogens is 1. The summed E-state index contributed by atoms with van der Waals surface area (Å²) in [5.74, 6) is 0.691. The molecule has 2 heterocycles. The summed E-state index contributed by atoms with van der Waals surface area (Å²) in [6.07, 6.45) is 1.78. The Hall–Kier alpha value is -2.79. The molecule has 0 aliphatic carbocycles. The van der Waals surface area contributed by atoms with E-state index in [9.17, 15) is 9.90 Å². The first-order valence-electron chi connectivity index (χ1n) is 7.43. The number of benzene rings is 2. The van der Waals surface area contributed by atoms with Crippen molar-refractivity contribution in [1.82, 2.24) is 4.98 Å². The van der Waals surface area contributed by atoms with E-state index in [1.807, 2.05) is 30.3 Å². The van der Waals surface area contributed by atoms with Crippen LogP contribution in [0.1, 0.15) is 5.56 Å². The number of rotatable bonds is 3. The fraction of sp³-hybridized carbons (Fsp3) is 0.0526. The molecule has 0 saturated heterocycles.